The lowest BCUT2D eigenvalue weighted by Gasteiger charge is -2.07. The molecule has 1 heterocycles. The fraction of sp³-hybridized carbons (Fsp3) is 0.353. The van der Waals surface area contributed by atoms with Gasteiger partial charge in [0, 0.05) is 17.5 Å². The molecule has 0 bridgehead atoms. The summed E-state index contributed by atoms with van der Waals surface area (Å²) in [4.78, 5) is 27.7. The lowest BCUT2D eigenvalue weighted by molar-refractivity contribution is -0.124. The number of rotatable bonds is 7. The predicted molar refractivity (Wildman–Crippen MR) is 90.3 cm³/mol. The number of halogens is 1. The highest BCUT2D eigenvalue weighted by Gasteiger charge is 2.15. The van der Waals surface area contributed by atoms with E-state index in [1.54, 1.807) is 17.5 Å². The fourth-order valence-electron chi connectivity index (χ4n) is 1.85. The zero-order valence-corrected chi connectivity index (χ0v) is 14.4. The van der Waals surface area contributed by atoms with Gasteiger partial charge >= 0.3 is 5.97 Å². The SMILES string of the molecule is CC(C)CCNC(=O)COC(=O)c1csc(-c2ccc(F)cc2)n1. The van der Waals surface area contributed by atoms with Gasteiger partial charge in [0.2, 0.25) is 0 Å². The van der Waals surface area contributed by atoms with Crippen molar-refractivity contribution in [1.29, 1.82) is 0 Å². The van der Waals surface area contributed by atoms with Gasteiger partial charge in [-0.25, -0.2) is 14.2 Å². The first kappa shape index (κ1) is 18.1. The van der Waals surface area contributed by atoms with Gasteiger partial charge in [-0.05, 0) is 36.6 Å². The highest BCUT2D eigenvalue weighted by atomic mass is 32.1. The summed E-state index contributed by atoms with van der Waals surface area (Å²) in [6, 6.07) is 5.84. The van der Waals surface area contributed by atoms with E-state index >= 15 is 0 Å². The number of ether oxygens (including phenoxy) is 1. The molecule has 0 aliphatic rings. The Morgan fingerprint density at radius 2 is 2.00 bits per heavy atom. The molecule has 7 heteroatoms. The van der Waals surface area contributed by atoms with Crippen molar-refractivity contribution < 1.29 is 18.7 Å². The molecule has 1 aromatic heterocycles. The first-order chi connectivity index (χ1) is 11.5. The summed E-state index contributed by atoms with van der Waals surface area (Å²) in [5, 5.41) is 4.83. The summed E-state index contributed by atoms with van der Waals surface area (Å²) >= 11 is 1.25. The van der Waals surface area contributed by atoms with Crippen molar-refractivity contribution in [1.82, 2.24) is 10.3 Å². The fourth-order valence-corrected chi connectivity index (χ4v) is 2.64. The zero-order valence-electron chi connectivity index (χ0n) is 13.5. The first-order valence-corrected chi connectivity index (χ1v) is 8.49. The molecule has 0 aliphatic carbocycles. The normalized spacial score (nSPS) is 10.7. The number of carbonyl (C=O) groups is 2. The molecule has 0 radical (unpaired) electrons. The molecule has 0 spiro atoms. The van der Waals surface area contributed by atoms with Gasteiger partial charge in [-0.15, -0.1) is 11.3 Å². The third-order valence-corrected chi connectivity index (χ3v) is 4.07. The van der Waals surface area contributed by atoms with Gasteiger partial charge in [-0.1, -0.05) is 13.8 Å². The molecule has 0 fully saturated rings. The molecule has 0 unspecified atom stereocenters. The average molecular weight is 350 g/mol. The van der Waals surface area contributed by atoms with Crippen LogP contribution in [0.2, 0.25) is 0 Å². The number of carbonyl (C=O) groups excluding carboxylic acids is 2. The maximum absolute atomic E-state index is 12.9. The molecule has 0 atom stereocenters. The Balaban J connectivity index is 1.85. The summed E-state index contributed by atoms with van der Waals surface area (Å²) in [6.07, 6.45) is 0.868. The molecule has 24 heavy (non-hydrogen) atoms. The average Bonchev–Trinajstić information content (AvgIpc) is 3.03. The minimum atomic E-state index is -0.654. The number of nitrogens with one attached hydrogen (secondary N) is 1. The highest BCUT2D eigenvalue weighted by molar-refractivity contribution is 7.13. The molecule has 2 aromatic rings. The highest BCUT2D eigenvalue weighted by Crippen LogP contribution is 2.24. The van der Waals surface area contributed by atoms with Gasteiger partial charge in [0.05, 0.1) is 0 Å². The van der Waals surface area contributed by atoms with E-state index in [-0.39, 0.29) is 24.0 Å². The van der Waals surface area contributed by atoms with Gasteiger partial charge in [-0.2, -0.15) is 0 Å². The van der Waals surface area contributed by atoms with Crippen molar-refractivity contribution in [3.63, 3.8) is 0 Å². The lowest BCUT2D eigenvalue weighted by Crippen LogP contribution is -2.30. The summed E-state index contributed by atoms with van der Waals surface area (Å²) < 4.78 is 17.9. The number of nitrogens with zero attached hydrogens (tertiary/aromatic N) is 1. The van der Waals surface area contributed by atoms with Crippen molar-refractivity contribution >= 4 is 23.2 Å². The Kier molecular flexibility index (Phi) is 6.43. The maximum Gasteiger partial charge on any atom is 0.358 e. The second-order valence-corrected chi connectivity index (χ2v) is 6.51. The van der Waals surface area contributed by atoms with Crippen LogP contribution in [0.4, 0.5) is 4.39 Å². The summed E-state index contributed by atoms with van der Waals surface area (Å²) in [6.45, 7) is 4.35. The minimum absolute atomic E-state index is 0.134. The predicted octanol–water partition coefficient (Wildman–Crippen LogP) is 3.27. The van der Waals surface area contributed by atoms with Crippen molar-refractivity contribution in [3.8, 4) is 10.6 Å². The van der Waals surface area contributed by atoms with Gasteiger partial charge in [0.1, 0.15) is 10.8 Å². The second kappa shape index (κ2) is 8.54. The van der Waals surface area contributed by atoms with Gasteiger partial charge in [-0.3, -0.25) is 4.79 Å². The van der Waals surface area contributed by atoms with Gasteiger partial charge in [0.25, 0.3) is 5.91 Å². The van der Waals surface area contributed by atoms with Gasteiger partial charge in [0.15, 0.2) is 12.3 Å². The number of aromatic nitrogens is 1. The van der Waals surface area contributed by atoms with Crippen LogP contribution in [-0.4, -0.2) is 30.0 Å². The Morgan fingerprint density at radius 1 is 1.29 bits per heavy atom. The number of thiazole rings is 1. The molecule has 128 valence electrons. The Labute approximate surface area is 143 Å². The number of esters is 1. The number of hydrogen-bond acceptors (Lipinski definition) is 5. The summed E-state index contributed by atoms with van der Waals surface area (Å²) in [7, 11) is 0. The molecule has 1 aromatic carbocycles. The number of hydrogen-bond donors (Lipinski definition) is 1. The largest absolute Gasteiger partial charge is 0.451 e. The van der Waals surface area contributed by atoms with Gasteiger partial charge < -0.3 is 10.1 Å². The van der Waals surface area contributed by atoms with Crippen molar-refractivity contribution in [2.75, 3.05) is 13.2 Å². The summed E-state index contributed by atoms with van der Waals surface area (Å²) in [5.74, 6) is -0.831. The van der Waals surface area contributed by atoms with E-state index in [1.165, 1.54) is 23.5 Å². The van der Waals surface area contributed by atoms with E-state index in [1.807, 2.05) is 0 Å². The van der Waals surface area contributed by atoms with Crippen LogP contribution in [0.3, 0.4) is 0 Å². The number of amides is 1. The molecule has 5 nitrogen and oxygen atoms in total. The zero-order chi connectivity index (χ0) is 17.5. The maximum atomic E-state index is 12.9. The van der Waals surface area contributed by atoms with Crippen LogP contribution in [0.5, 0.6) is 0 Å². The standard InChI is InChI=1S/C17H19FN2O3S/c1-11(2)7-8-19-15(21)9-23-17(22)14-10-24-16(20-14)12-3-5-13(18)6-4-12/h3-6,10-11H,7-9H2,1-2H3,(H,19,21). The van der Waals surface area contributed by atoms with Crippen LogP contribution in [0.1, 0.15) is 30.8 Å². The molecule has 1 N–H and O–H groups in total. The Morgan fingerprint density at radius 3 is 2.67 bits per heavy atom. The lowest BCUT2D eigenvalue weighted by atomic mass is 10.1. The van der Waals surface area contributed by atoms with E-state index in [9.17, 15) is 14.0 Å². The monoisotopic (exact) mass is 350 g/mol. The molecular weight excluding hydrogens is 331 g/mol. The van der Waals surface area contributed by atoms with Crippen molar-refractivity contribution in [3.05, 3.63) is 41.2 Å². The molecular formula is C17H19FN2O3S. The Hall–Kier alpha value is -2.28. The molecule has 0 aliphatic heterocycles. The quantitative estimate of drug-likeness (QED) is 0.778. The van der Waals surface area contributed by atoms with E-state index < -0.39 is 5.97 Å². The minimum Gasteiger partial charge on any atom is -0.451 e. The van der Waals surface area contributed by atoms with E-state index in [0.717, 1.165) is 6.42 Å². The third kappa shape index (κ3) is 5.42. The van der Waals surface area contributed by atoms with Crippen LogP contribution in [0, 0.1) is 11.7 Å². The molecule has 0 saturated carbocycles. The van der Waals surface area contributed by atoms with E-state index in [0.29, 0.717) is 23.0 Å². The Bertz CT molecular complexity index is 698. The van der Waals surface area contributed by atoms with Crippen LogP contribution < -0.4 is 5.32 Å². The van der Waals surface area contributed by atoms with Crippen molar-refractivity contribution in [2.45, 2.75) is 20.3 Å². The third-order valence-electron chi connectivity index (χ3n) is 3.18. The van der Waals surface area contributed by atoms with Crippen LogP contribution in [0.15, 0.2) is 29.6 Å². The topological polar surface area (TPSA) is 68.3 Å². The van der Waals surface area contributed by atoms with Crippen LogP contribution in [-0.2, 0) is 9.53 Å². The van der Waals surface area contributed by atoms with Crippen molar-refractivity contribution in [2.24, 2.45) is 5.92 Å². The smallest absolute Gasteiger partial charge is 0.358 e. The summed E-state index contributed by atoms with van der Waals surface area (Å²) in [5.41, 5.74) is 0.848. The molecule has 2 rings (SSSR count). The first-order valence-electron chi connectivity index (χ1n) is 7.61. The second-order valence-electron chi connectivity index (χ2n) is 5.65. The van der Waals surface area contributed by atoms with Crippen LogP contribution in [0.25, 0.3) is 10.6 Å². The van der Waals surface area contributed by atoms with E-state index in [2.05, 4.69) is 24.1 Å². The van der Waals surface area contributed by atoms with Crippen LogP contribution >= 0.6 is 11.3 Å². The number of benzene rings is 1. The molecule has 0 saturated heterocycles. The molecule has 1 amide bonds. The van der Waals surface area contributed by atoms with E-state index in [4.69, 9.17) is 4.74 Å².